The number of aryl methyl sites for hydroxylation is 1. The van der Waals surface area contributed by atoms with Crippen LogP contribution in [0, 0.1) is 6.92 Å². The standard InChI is InChI=1S/C33H28F3N3O2/c1-21-14-15-27(38-31(40)23-11-7-12-25(16-23)33(34,35)36)18-28(21)29-17-24-20-37-26(19-30(24)39(2)32(29)41)13-6-10-22-8-4-3-5-9-22/h3-9,11-16,18-20,29H,10,17H2,1-2H3,(H,38,40)/b13-6+. The molecule has 0 saturated carbocycles. The number of hydrogen-bond acceptors (Lipinski definition) is 3. The van der Waals surface area contributed by atoms with Gasteiger partial charge in [0.05, 0.1) is 22.9 Å². The molecular formula is C33H28F3N3O2. The van der Waals surface area contributed by atoms with Crippen LogP contribution in [-0.4, -0.2) is 23.8 Å². The first-order valence-electron chi connectivity index (χ1n) is 13.2. The normalized spacial score (nSPS) is 15.2. The molecular weight excluding hydrogens is 527 g/mol. The van der Waals surface area contributed by atoms with Gasteiger partial charge >= 0.3 is 6.18 Å². The molecule has 8 heteroatoms. The van der Waals surface area contributed by atoms with Crippen LogP contribution in [0.4, 0.5) is 24.5 Å². The summed E-state index contributed by atoms with van der Waals surface area (Å²) >= 11 is 0. The number of halogens is 3. The van der Waals surface area contributed by atoms with Crippen LogP contribution in [0.25, 0.3) is 6.08 Å². The molecule has 0 radical (unpaired) electrons. The summed E-state index contributed by atoms with van der Waals surface area (Å²) in [5.74, 6) is -1.26. The van der Waals surface area contributed by atoms with Gasteiger partial charge in [-0.3, -0.25) is 14.6 Å². The average Bonchev–Trinajstić information content (AvgIpc) is 2.96. The minimum atomic E-state index is -4.55. The summed E-state index contributed by atoms with van der Waals surface area (Å²) in [5.41, 5.74) is 4.67. The lowest BCUT2D eigenvalue weighted by atomic mass is 9.85. The quantitative estimate of drug-likeness (QED) is 0.273. The Bertz CT molecular complexity index is 1630. The second-order valence-corrected chi connectivity index (χ2v) is 10.1. The van der Waals surface area contributed by atoms with E-state index in [1.165, 1.54) is 17.7 Å². The minimum absolute atomic E-state index is 0.0904. The SMILES string of the molecule is Cc1ccc(NC(=O)c2cccc(C(F)(F)F)c2)cc1C1Cc2cnc(/C=C/Cc3ccccc3)cc2N(C)C1=O. The fourth-order valence-electron chi connectivity index (χ4n) is 5.02. The number of aromatic nitrogens is 1. The zero-order valence-electron chi connectivity index (χ0n) is 22.6. The number of alkyl halides is 3. The van der Waals surface area contributed by atoms with Crippen molar-refractivity contribution < 1.29 is 22.8 Å². The zero-order valence-corrected chi connectivity index (χ0v) is 22.6. The molecule has 0 fully saturated rings. The highest BCUT2D eigenvalue weighted by Crippen LogP contribution is 2.37. The third kappa shape index (κ3) is 6.22. The van der Waals surface area contributed by atoms with Gasteiger partial charge in [-0.1, -0.05) is 48.5 Å². The molecule has 5 nitrogen and oxygen atoms in total. The van der Waals surface area contributed by atoms with Gasteiger partial charge in [0, 0.05) is 24.5 Å². The number of nitrogens with zero attached hydrogens (tertiary/aromatic N) is 2. The lowest BCUT2D eigenvalue weighted by Gasteiger charge is -2.32. The number of pyridine rings is 1. The number of fused-ring (bicyclic) bond motifs is 1. The molecule has 1 aliphatic heterocycles. The van der Waals surface area contributed by atoms with Gasteiger partial charge in [0.15, 0.2) is 0 Å². The van der Waals surface area contributed by atoms with Crippen LogP contribution >= 0.6 is 0 Å². The number of hydrogen-bond donors (Lipinski definition) is 1. The number of rotatable bonds is 6. The fourth-order valence-corrected chi connectivity index (χ4v) is 5.02. The number of anilines is 2. The predicted molar refractivity (Wildman–Crippen MR) is 154 cm³/mol. The van der Waals surface area contributed by atoms with Crippen LogP contribution in [0.15, 0.2) is 91.1 Å². The van der Waals surface area contributed by atoms with E-state index in [-0.39, 0.29) is 11.5 Å². The molecule has 0 saturated heterocycles. The Morgan fingerprint density at radius 2 is 1.83 bits per heavy atom. The Morgan fingerprint density at radius 3 is 2.59 bits per heavy atom. The van der Waals surface area contributed by atoms with E-state index in [0.717, 1.165) is 46.6 Å². The maximum atomic E-state index is 13.5. The zero-order chi connectivity index (χ0) is 29.1. The second kappa shape index (κ2) is 11.4. The predicted octanol–water partition coefficient (Wildman–Crippen LogP) is 7.22. The number of carbonyl (C=O) groups excluding carboxylic acids is 2. The van der Waals surface area contributed by atoms with Crippen LogP contribution in [0.3, 0.4) is 0 Å². The molecule has 1 aromatic heterocycles. The van der Waals surface area contributed by atoms with Gasteiger partial charge < -0.3 is 10.2 Å². The smallest absolute Gasteiger partial charge is 0.322 e. The summed E-state index contributed by atoms with van der Waals surface area (Å²) in [6.45, 7) is 1.88. The first-order valence-corrected chi connectivity index (χ1v) is 13.2. The Labute approximate surface area is 236 Å². The summed E-state index contributed by atoms with van der Waals surface area (Å²) in [6, 6.07) is 21.4. The molecule has 1 unspecified atom stereocenters. The Balaban J connectivity index is 1.34. The molecule has 41 heavy (non-hydrogen) atoms. The van der Waals surface area contributed by atoms with Crippen molar-refractivity contribution in [3.8, 4) is 0 Å². The third-order valence-corrected chi connectivity index (χ3v) is 7.25. The van der Waals surface area contributed by atoms with Gasteiger partial charge in [0.25, 0.3) is 5.91 Å². The number of allylic oxidation sites excluding steroid dienone is 1. The van der Waals surface area contributed by atoms with E-state index in [1.54, 1.807) is 36.3 Å². The summed E-state index contributed by atoms with van der Waals surface area (Å²) in [5, 5.41) is 2.68. The first-order chi connectivity index (χ1) is 19.6. The van der Waals surface area contributed by atoms with Crippen molar-refractivity contribution in [2.24, 2.45) is 0 Å². The van der Waals surface area contributed by atoms with E-state index in [2.05, 4.69) is 22.4 Å². The lowest BCUT2D eigenvalue weighted by molar-refractivity contribution is -0.137. The van der Waals surface area contributed by atoms with Gasteiger partial charge in [-0.25, -0.2) is 0 Å². The second-order valence-electron chi connectivity index (χ2n) is 10.1. The Morgan fingerprint density at radius 1 is 1.05 bits per heavy atom. The molecule has 2 heterocycles. The average molecular weight is 556 g/mol. The fraction of sp³-hybridized carbons (Fsp3) is 0.182. The molecule has 4 aromatic rings. The highest BCUT2D eigenvalue weighted by atomic mass is 19.4. The largest absolute Gasteiger partial charge is 0.416 e. The Kier molecular flexibility index (Phi) is 7.75. The van der Waals surface area contributed by atoms with E-state index < -0.39 is 23.6 Å². The van der Waals surface area contributed by atoms with Gasteiger partial charge in [0.1, 0.15) is 0 Å². The van der Waals surface area contributed by atoms with Crippen LogP contribution in [0.1, 0.15) is 49.8 Å². The highest BCUT2D eigenvalue weighted by molar-refractivity contribution is 6.05. The maximum absolute atomic E-state index is 13.5. The van der Waals surface area contributed by atoms with E-state index in [4.69, 9.17) is 0 Å². The van der Waals surface area contributed by atoms with Crippen molar-refractivity contribution in [2.45, 2.75) is 31.9 Å². The first kappa shape index (κ1) is 27.8. The summed E-state index contributed by atoms with van der Waals surface area (Å²) in [4.78, 5) is 32.5. The molecule has 1 N–H and O–H groups in total. The molecule has 0 spiro atoms. The van der Waals surface area contributed by atoms with Crippen LogP contribution in [0.2, 0.25) is 0 Å². The van der Waals surface area contributed by atoms with Crippen molar-refractivity contribution in [1.82, 2.24) is 4.98 Å². The van der Waals surface area contributed by atoms with E-state index in [1.807, 2.05) is 43.3 Å². The molecule has 0 aliphatic carbocycles. The number of nitrogens with one attached hydrogen (secondary N) is 1. The molecule has 2 amide bonds. The summed E-state index contributed by atoms with van der Waals surface area (Å²) in [7, 11) is 1.74. The monoisotopic (exact) mass is 555 g/mol. The van der Waals surface area contributed by atoms with Gasteiger partial charge in [-0.05, 0) is 84.5 Å². The van der Waals surface area contributed by atoms with E-state index in [0.29, 0.717) is 12.1 Å². The van der Waals surface area contributed by atoms with Crippen LogP contribution in [-0.2, 0) is 23.8 Å². The molecule has 0 bridgehead atoms. The van der Waals surface area contributed by atoms with Gasteiger partial charge in [-0.2, -0.15) is 13.2 Å². The van der Waals surface area contributed by atoms with E-state index in [9.17, 15) is 22.8 Å². The topological polar surface area (TPSA) is 62.3 Å². The number of amides is 2. The van der Waals surface area contributed by atoms with Gasteiger partial charge in [0.2, 0.25) is 5.91 Å². The molecule has 1 aliphatic rings. The number of likely N-dealkylation sites (N-methyl/N-ethyl adjacent to an activating group) is 1. The highest BCUT2D eigenvalue weighted by Gasteiger charge is 2.34. The van der Waals surface area contributed by atoms with Gasteiger partial charge in [-0.15, -0.1) is 0 Å². The lowest BCUT2D eigenvalue weighted by Crippen LogP contribution is -2.37. The van der Waals surface area contributed by atoms with Crippen molar-refractivity contribution in [3.63, 3.8) is 0 Å². The molecule has 1 atom stereocenters. The van der Waals surface area contributed by atoms with Crippen molar-refractivity contribution >= 4 is 29.3 Å². The van der Waals surface area contributed by atoms with Crippen molar-refractivity contribution in [3.05, 3.63) is 130 Å². The van der Waals surface area contributed by atoms with Crippen molar-refractivity contribution in [2.75, 3.05) is 17.3 Å². The van der Waals surface area contributed by atoms with Crippen molar-refractivity contribution in [1.29, 1.82) is 0 Å². The summed E-state index contributed by atoms with van der Waals surface area (Å²) < 4.78 is 39.3. The van der Waals surface area contributed by atoms with Crippen LogP contribution < -0.4 is 10.2 Å². The molecule has 5 rings (SSSR count). The van der Waals surface area contributed by atoms with E-state index >= 15 is 0 Å². The minimum Gasteiger partial charge on any atom is -0.322 e. The number of benzene rings is 3. The summed E-state index contributed by atoms with van der Waals surface area (Å²) in [6.07, 6.45) is 2.44. The third-order valence-electron chi connectivity index (χ3n) is 7.25. The maximum Gasteiger partial charge on any atom is 0.416 e. The molecule has 3 aromatic carbocycles. The van der Waals surface area contributed by atoms with Crippen LogP contribution in [0.5, 0.6) is 0 Å². The Hall–Kier alpha value is -4.72. The number of carbonyl (C=O) groups is 2. The molecule has 208 valence electrons.